The van der Waals surface area contributed by atoms with Crippen molar-refractivity contribution >= 4 is 11.9 Å². The molecule has 2 aliphatic rings. The first-order valence-electron chi connectivity index (χ1n) is 6.72. The fourth-order valence-corrected chi connectivity index (χ4v) is 3.37. The molecule has 0 aromatic heterocycles. The molecule has 1 N–H and O–H groups in total. The van der Waals surface area contributed by atoms with Crippen LogP contribution in [0, 0.1) is 5.92 Å². The Balaban J connectivity index is 2.12. The molecule has 1 fully saturated rings. The molecular weight excluding hydrogens is 242 g/mol. The van der Waals surface area contributed by atoms with E-state index in [1.165, 1.54) is 0 Å². The van der Waals surface area contributed by atoms with Crippen LogP contribution in [0.4, 0.5) is 0 Å². The molecular formula is C15H17NO3. The van der Waals surface area contributed by atoms with Crippen molar-refractivity contribution in [2.24, 2.45) is 5.92 Å². The molecule has 4 heteroatoms. The molecule has 1 saturated heterocycles. The first kappa shape index (κ1) is 12.2. The third kappa shape index (κ3) is 1.82. The fraction of sp³-hybridized carbons (Fsp3) is 0.467. The highest BCUT2D eigenvalue weighted by atomic mass is 16.4. The van der Waals surface area contributed by atoms with E-state index < -0.39 is 11.9 Å². The molecule has 3 rings (SSSR count). The second kappa shape index (κ2) is 4.37. The van der Waals surface area contributed by atoms with Gasteiger partial charge in [0.1, 0.15) is 5.92 Å². The van der Waals surface area contributed by atoms with Gasteiger partial charge >= 0.3 is 5.97 Å². The van der Waals surface area contributed by atoms with Crippen LogP contribution in [0.2, 0.25) is 0 Å². The van der Waals surface area contributed by atoms with Crippen molar-refractivity contribution in [2.45, 2.75) is 31.7 Å². The highest BCUT2D eigenvalue weighted by molar-refractivity contribution is 6.00. The van der Waals surface area contributed by atoms with Crippen molar-refractivity contribution in [3.63, 3.8) is 0 Å². The summed E-state index contributed by atoms with van der Waals surface area (Å²) in [6.45, 7) is 2.80. The molecule has 0 aliphatic carbocycles. The summed E-state index contributed by atoms with van der Waals surface area (Å²) in [6, 6.07) is 6.93. The molecule has 1 amide bonds. The Hall–Kier alpha value is -1.84. The average molecular weight is 259 g/mol. The van der Waals surface area contributed by atoms with E-state index in [-0.39, 0.29) is 11.9 Å². The van der Waals surface area contributed by atoms with Crippen LogP contribution in [-0.2, 0) is 4.79 Å². The Labute approximate surface area is 112 Å². The van der Waals surface area contributed by atoms with Crippen molar-refractivity contribution in [2.75, 3.05) is 6.54 Å². The summed E-state index contributed by atoms with van der Waals surface area (Å²) in [4.78, 5) is 25.9. The highest BCUT2D eigenvalue weighted by Crippen LogP contribution is 2.39. The molecule has 0 spiro atoms. The van der Waals surface area contributed by atoms with Gasteiger partial charge in [-0.05, 0) is 30.4 Å². The first-order chi connectivity index (χ1) is 9.09. The number of hydrogen-bond acceptors (Lipinski definition) is 2. The van der Waals surface area contributed by atoms with Crippen LogP contribution in [-0.4, -0.2) is 34.5 Å². The zero-order valence-electron chi connectivity index (χ0n) is 10.9. The lowest BCUT2D eigenvalue weighted by atomic mass is 9.76. The number of amides is 1. The Morgan fingerprint density at radius 2 is 2.11 bits per heavy atom. The third-order valence-electron chi connectivity index (χ3n) is 4.34. The van der Waals surface area contributed by atoms with Gasteiger partial charge in [-0.25, -0.2) is 0 Å². The van der Waals surface area contributed by atoms with E-state index in [2.05, 4.69) is 6.92 Å². The number of aliphatic carboxylic acids is 1. The zero-order chi connectivity index (χ0) is 13.6. The molecule has 2 heterocycles. The minimum Gasteiger partial charge on any atom is -0.481 e. The number of carbonyl (C=O) groups excluding carboxylic acids is 1. The topological polar surface area (TPSA) is 57.6 Å². The molecule has 1 aromatic rings. The number of fused-ring (bicyclic) bond motifs is 2. The van der Waals surface area contributed by atoms with Gasteiger partial charge < -0.3 is 10.0 Å². The van der Waals surface area contributed by atoms with Gasteiger partial charge in [-0.3, -0.25) is 9.59 Å². The molecule has 3 atom stereocenters. The van der Waals surface area contributed by atoms with Gasteiger partial charge in [-0.15, -0.1) is 0 Å². The summed E-state index contributed by atoms with van der Waals surface area (Å²) in [6.07, 6.45) is 1.73. The quantitative estimate of drug-likeness (QED) is 0.840. The molecule has 19 heavy (non-hydrogen) atoms. The molecule has 4 nitrogen and oxygen atoms in total. The number of piperidine rings is 1. The standard InChI is InChI=1S/C15H17NO3/c1-9-6-7-16-12(8-9)13(15(18)19)10-4-2-3-5-11(10)14(16)17/h2-5,9,12-13H,6-8H2,1H3,(H,18,19)/t9-,12+,13-/m0/s1. The maximum Gasteiger partial charge on any atom is 0.313 e. The summed E-state index contributed by atoms with van der Waals surface area (Å²) >= 11 is 0. The van der Waals surface area contributed by atoms with Crippen molar-refractivity contribution in [1.29, 1.82) is 0 Å². The smallest absolute Gasteiger partial charge is 0.313 e. The maximum atomic E-state index is 12.5. The molecule has 0 radical (unpaired) electrons. The summed E-state index contributed by atoms with van der Waals surface area (Å²) in [5.74, 6) is -0.952. The Morgan fingerprint density at radius 1 is 1.37 bits per heavy atom. The second-order valence-corrected chi connectivity index (χ2v) is 5.60. The number of hydrogen-bond donors (Lipinski definition) is 1. The lowest BCUT2D eigenvalue weighted by Crippen LogP contribution is -2.53. The first-order valence-corrected chi connectivity index (χ1v) is 6.72. The van der Waals surface area contributed by atoms with Crippen LogP contribution >= 0.6 is 0 Å². The van der Waals surface area contributed by atoms with Crippen molar-refractivity contribution in [3.05, 3.63) is 35.4 Å². The minimum atomic E-state index is -0.830. The van der Waals surface area contributed by atoms with E-state index >= 15 is 0 Å². The van der Waals surface area contributed by atoms with Crippen LogP contribution in [0.5, 0.6) is 0 Å². The molecule has 0 saturated carbocycles. The number of carboxylic acid groups (broad SMARTS) is 1. The van der Waals surface area contributed by atoms with Gasteiger partial charge in [0.25, 0.3) is 5.91 Å². The van der Waals surface area contributed by atoms with Crippen molar-refractivity contribution in [1.82, 2.24) is 4.90 Å². The van der Waals surface area contributed by atoms with Crippen LogP contribution < -0.4 is 0 Å². The van der Waals surface area contributed by atoms with E-state index in [1.807, 2.05) is 6.07 Å². The molecule has 100 valence electrons. The summed E-state index contributed by atoms with van der Waals surface area (Å²) in [5.41, 5.74) is 1.23. The van der Waals surface area contributed by atoms with E-state index in [4.69, 9.17) is 0 Å². The largest absolute Gasteiger partial charge is 0.481 e. The highest BCUT2D eigenvalue weighted by Gasteiger charge is 2.45. The van der Waals surface area contributed by atoms with Crippen molar-refractivity contribution < 1.29 is 14.7 Å². The van der Waals surface area contributed by atoms with E-state index in [0.29, 0.717) is 23.6 Å². The Bertz CT molecular complexity index is 540. The number of rotatable bonds is 1. The molecule has 0 unspecified atom stereocenters. The lowest BCUT2D eigenvalue weighted by molar-refractivity contribution is -0.141. The third-order valence-corrected chi connectivity index (χ3v) is 4.34. The van der Waals surface area contributed by atoms with Gasteiger partial charge in [0.15, 0.2) is 0 Å². The average Bonchev–Trinajstić information content (AvgIpc) is 2.38. The lowest BCUT2D eigenvalue weighted by Gasteiger charge is -2.45. The summed E-state index contributed by atoms with van der Waals surface area (Å²) in [5, 5.41) is 9.56. The van der Waals surface area contributed by atoms with Crippen LogP contribution in [0.1, 0.15) is 41.6 Å². The Morgan fingerprint density at radius 3 is 2.84 bits per heavy atom. The van der Waals surface area contributed by atoms with E-state index in [1.54, 1.807) is 23.1 Å². The van der Waals surface area contributed by atoms with Gasteiger partial charge in [0.2, 0.25) is 0 Å². The number of carbonyl (C=O) groups is 2. The van der Waals surface area contributed by atoms with E-state index in [0.717, 1.165) is 12.8 Å². The number of nitrogens with zero attached hydrogens (tertiary/aromatic N) is 1. The van der Waals surface area contributed by atoms with Gasteiger partial charge in [-0.1, -0.05) is 25.1 Å². The molecule has 2 aliphatic heterocycles. The van der Waals surface area contributed by atoms with Crippen LogP contribution in [0.3, 0.4) is 0 Å². The number of carboxylic acids is 1. The zero-order valence-corrected chi connectivity index (χ0v) is 10.9. The monoisotopic (exact) mass is 259 g/mol. The van der Waals surface area contributed by atoms with Gasteiger partial charge in [0.05, 0.1) is 0 Å². The molecule has 1 aromatic carbocycles. The second-order valence-electron chi connectivity index (χ2n) is 5.60. The van der Waals surface area contributed by atoms with Crippen LogP contribution in [0.25, 0.3) is 0 Å². The summed E-state index contributed by atoms with van der Waals surface area (Å²) < 4.78 is 0. The minimum absolute atomic E-state index is 0.00926. The van der Waals surface area contributed by atoms with Gasteiger partial charge in [-0.2, -0.15) is 0 Å². The van der Waals surface area contributed by atoms with Crippen molar-refractivity contribution in [3.8, 4) is 0 Å². The SMILES string of the molecule is C[C@H]1CCN2C(=O)c3ccccc3[C@H](C(=O)O)[C@H]2C1. The van der Waals surface area contributed by atoms with Gasteiger partial charge in [0, 0.05) is 18.2 Å². The van der Waals surface area contributed by atoms with Crippen LogP contribution in [0.15, 0.2) is 24.3 Å². The predicted molar refractivity (Wildman–Crippen MR) is 70.0 cm³/mol. The fourth-order valence-electron chi connectivity index (χ4n) is 3.37. The maximum absolute atomic E-state index is 12.5. The van der Waals surface area contributed by atoms with E-state index in [9.17, 15) is 14.7 Å². The Kier molecular flexibility index (Phi) is 2.81. The number of benzene rings is 1. The normalized spacial score (nSPS) is 29.6. The predicted octanol–water partition coefficient (Wildman–Crippen LogP) is 2.11. The summed E-state index contributed by atoms with van der Waals surface area (Å²) in [7, 11) is 0. The molecule has 0 bridgehead atoms.